The average molecular weight is 302 g/mol. The molecule has 0 unspecified atom stereocenters. The lowest BCUT2D eigenvalue weighted by Crippen LogP contribution is -2.39. The minimum atomic E-state index is -4.10. The molecule has 4 nitrogen and oxygen atoms in total. The van der Waals surface area contributed by atoms with E-state index in [1.54, 1.807) is 0 Å². The number of rotatable bonds is 6. The Hall–Kier alpha value is -0.340. The fourth-order valence-electron chi connectivity index (χ4n) is 2.32. The van der Waals surface area contributed by atoms with Gasteiger partial charge in [-0.15, -0.1) is 0 Å². The largest absolute Gasteiger partial charge is 0.391 e. The average Bonchev–Trinajstić information content (AvgIpc) is 2.26. The van der Waals surface area contributed by atoms with Crippen LogP contribution < -0.4 is 10.0 Å². The summed E-state index contributed by atoms with van der Waals surface area (Å²) < 4.78 is 61.7. The van der Waals surface area contributed by atoms with E-state index in [1.807, 2.05) is 0 Å². The highest BCUT2D eigenvalue weighted by Crippen LogP contribution is 2.37. The van der Waals surface area contributed by atoms with Crippen molar-refractivity contribution in [2.45, 2.75) is 44.3 Å². The standard InChI is InChI=1S/C11H21F3N2O2S/c1-19(17,18)16-7-3-6-15-10-5-2-4-9(8-10)11(12,13)14/h9-10,15-16H,2-8H2,1H3/t9-,10-/m0/s1. The number of hydrogen-bond donors (Lipinski definition) is 2. The van der Waals surface area contributed by atoms with Gasteiger partial charge in [-0.2, -0.15) is 13.2 Å². The molecule has 19 heavy (non-hydrogen) atoms. The molecule has 0 amide bonds. The Bertz CT molecular complexity index is 371. The Morgan fingerprint density at radius 2 is 1.89 bits per heavy atom. The molecule has 114 valence electrons. The van der Waals surface area contributed by atoms with Gasteiger partial charge in [-0.1, -0.05) is 6.42 Å². The third kappa shape index (κ3) is 7.12. The predicted octanol–water partition coefficient (Wildman–Crippen LogP) is 1.64. The summed E-state index contributed by atoms with van der Waals surface area (Å²) in [5.74, 6) is -1.20. The number of halogens is 3. The van der Waals surface area contributed by atoms with Crippen LogP contribution in [-0.2, 0) is 10.0 Å². The van der Waals surface area contributed by atoms with Gasteiger partial charge >= 0.3 is 6.18 Å². The molecule has 1 aliphatic rings. The summed E-state index contributed by atoms with van der Waals surface area (Å²) in [6, 6.07) is -0.112. The maximum absolute atomic E-state index is 12.6. The van der Waals surface area contributed by atoms with Gasteiger partial charge in [0.15, 0.2) is 0 Å². The predicted molar refractivity (Wildman–Crippen MR) is 67.3 cm³/mol. The highest BCUT2D eigenvalue weighted by atomic mass is 32.2. The van der Waals surface area contributed by atoms with Crippen molar-refractivity contribution >= 4 is 10.0 Å². The van der Waals surface area contributed by atoms with E-state index in [0.717, 1.165) is 12.7 Å². The molecule has 1 rings (SSSR count). The Labute approximate surface area is 112 Å². The van der Waals surface area contributed by atoms with E-state index < -0.39 is 22.1 Å². The Balaban J connectivity index is 2.19. The molecule has 2 N–H and O–H groups in total. The van der Waals surface area contributed by atoms with Crippen LogP contribution >= 0.6 is 0 Å². The third-order valence-electron chi connectivity index (χ3n) is 3.29. The van der Waals surface area contributed by atoms with Gasteiger partial charge in [0.05, 0.1) is 12.2 Å². The van der Waals surface area contributed by atoms with Gasteiger partial charge in [0.2, 0.25) is 10.0 Å². The van der Waals surface area contributed by atoms with Gasteiger partial charge in [0, 0.05) is 12.6 Å². The molecular formula is C11H21F3N2O2S. The van der Waals surface area contributed by atoms with E-state index in [1.165, 1.54) is 0 Å². The lowest BCUT2D eigenvalue weighted by molar-refractivity contribution is -0.183. The molecule has 2 atom stereocenters. The van der Waals surface area contributed by atoms with E-state index >= 15 is 0 Å². The van der Waals surface area contributed by atoms with Crippen LogP contribution in [0.3, 0.4) is 0 Å². The van der Waals surface area contributed by atoms with E-state index in [0.29, 0.717) is 25.9 Å². The zero-order valence-corrected chi connectivity index (χ0v) is 11.8. The first-order chi connectivity index (χ1) is 8.68. The first-order valence-electron chi connectivity index (χ1n) is 6.43. The molecule has 0 aliphatic heterocycles. The van der Waals surface area contributed by atoms with E-state index in [4.69, 9.17) is 0 Å². The minimum absolute atomic E-state index is 0.112. The molecule has 0 aromatic rings. The van der Waals surface area contributed by atoms with Crippen LogP contribution in [0.2, 0.25) is 0 Å². The van der Waals surface area contributed by atoms with E-state index in [9.17, 15) is 21.6 Å². The fraction of sp³-hybridized carbons (Fsp3) is 1.00. The molecule has 1 aliphatic carbocycles. The van der Waals surface area contributed by atoms with Crippen molar-refractivity contribution in [3.63, 3.8) is 0 Å². The monoisotopic (exact) mass is 302 g/mol. The van der Waals surface area contributed by atoms with Crippen molar-refractivity contribution < 1.29 is 21.6 Å². The Kier molecular flexibility index (Phi) is 6.07. The summed E-state index contributed by atoms with van der Waals surface area (Å²) in [6.07, 6.45) is -0.760. The number of hydrogen-bond acceptors (Lipinski definition) is 3. The van der Waals surface area contributed by atoms with Gasteiger partial charge in [-0.25, -0.2) is 13.1 Å². The maximum Gasteiger partial charge on any atom is 0.391 e. The summed E-state index contributed by atoms with van der Waals surface area (Å²) in [5.41, 5.74) is 0. The van der Waals surface area contributed by atoms with Crippen LogP contribution in [0, 0.1) is 5.92 Å². The topological polar surface area (TPSA) is 58.2 Å². The van der Waals surface area contributed by atoms with Crippen LogP contribution in [0.15, 0.2) is 0 Å². The van der Waals surface area contributed by atoms with Crippen molar-refractivity contribution in [1.82, 2.24) is 10.0 Å². The Morgan fingerprint density at radius 3 is 2.47 bits per heavy atom. The number of sulfonamides is 1. The smallest absolute Gasteiger partial charge is 0.314 e. The van der Waals surface area contributed by atoms with Crippen LogP contribution in [0.4, 0.5) is 13.2 Å². The van der Waals surface area contributed by atoms with Gasteiger partial charge < -0.3 is 5.32 Å². The maximum atomic E-state index is 12.6. The summed E-state index contributed by atoms with van der Waals surface area (Å²) in [5, 5.41) is 3.08. The zero-order valence-electron chi connectivity index (χ0n) is 11.0. The number of alkyl halides is 3. The molecule has 0 aromatic carbocycles. The van der Waals surface area contributed by atoms with Gasteiger partial charge in [0.1, 0.15) is 0 Å². The highest BCUT2D eigenvalue weighted by molar-refractivity contribution is 7.88. The number of nitrogens with one attached hydrogen (secondary N) is 2. The first kappa shape index (κ1) is 16.7. The van der Waals surface area contributed by atoms with Crippen molar-refractivity contribution in [1.29, 1.82) is 0 Å². The molecule has 0 spiro atoms. The zero-order chi connectivity index (χ0) is 14.5. The normalized spacial score (nSPS) is 25.5. The molecule has 0 radical (unpaired) electrons. The van der Waals surface area contributed by atoms with Crippen molar-refractivity contribution in [2.75, 3.05) is 19.3 Å². The van der Waals surface area contributed by atoms with Crippen LogP contribution in [0.5, 0.6) is 0 Å². The van der Waals surface area contributed by atoms with Crippen LogP contribution in [0.1, 0.15) is 32.1 Å². The SMILES string of the molecule is CS(=O)(=O)NCCCN[C@H]1CCC[C@H](C(F)(F)F)C1. The molecule has 0 bridgehead atoms. The quantitative estimate of drug-likeness (QED) is 0.733. The third-order valence-corrected chi connectivity index (χ3v) is 4.02. The summed E-state index contributed by atoms with van der Waals surface area (Å²) in [4.78, 5) is 0. The lowest BCUT2D eigenvalue weighted by Gasteiger charge is -2.31. The molecule has 8 heteroatoms. The molecule has 0 heterocycles. The van der Waals surface area contributed by atoms with Gasteiger partial charge in [-0.3, -0.25) is 0 Å². The minimum Gasteiger partial charge on any atom is -0.314 e. The summed E-state index contributed by atoms with van der Waals surface area (Å²) in [7, 11) is -3.18. The highest BCUT2D eigenvalue weighted by Gasteiger charge is 2.41. The van der Waals surface area contributed by atoms with E-state index in [2.05, 4.69) is 10.0 Å². The van der Waals surface area contributed by atoms with Crippen LogP contribution in [-0.4, -0.2) is 40.0 Å². The first-order valence-corrected chi connectivity index (χ1v) is 8.32. The molecular weight excluding hydrogens is 281 g/mol. The van der Waals surface area contributed by atoms with Gasteiger partial charge in [-0.05, 0) is 32.2 Å². The molecule has 1 fully saturated rings. The second kappa shape index (κ2) is 6.90. The summed E-state index contributed by atoms with van der Waals surface area (Å²) in [6.45, 7) is 0.832. The fourth-order valence-corrected chi connectivity index (χ4v) is 2.84. The van der Waals surface area contributed by atoms with Crippen molar-refractivity contribution in [3.8, 4) is 0 Å². The molecule has 0 saturated heterocycles. The molecule has 0 aromatic heterocycles. The summed E-state index contributed by atoms with van der Waals surface area (Å²) >= 11 is 0. The second-order valence-electron chi connectivity index (χ2n) is 5.08. The lowest BCUT2D eigenvalue weighted by atomic mass is 9.85. The van der Waals surface area contributed by atoms with Crippen molar-refractivity contribution in [3.05, 3.63) is 0 Å². The van der Waals surface area contributed by atoms with E-state index in [-0.39, 0.29) is 18.9 Å². The second-order valence-corrected chi connectivity index (χ2v) is 6.91. The van der Waals surface area contributed by atoms with Crippen LogP contribution in [0.25, 0.3) is 0 Å². The molecule has 1 saturated carbocycles. The van der Waals surface area contributed by atoms with Crippen molar-refractivity contribution in [2.24, 2.45) is 5.92 Å². The Morgan fingerprint density at radius 1 is 1.21 bits per heavy atom. The van der Waals surface area contributed by atoms with Gasteiger partial charge in [0.25, 0.3) is 0 Å².